The van der Waals surface area contributed by atoms with Gasteiger partial charge in [-0.1, -0.05) is 19.2 Å². The number of nitrogens with zero attached hydrogens (tertiary/aromatic N) is 1. The molecular weight excluding hydrogens is 276 g/mol. The van der Waals surface area contributed by atoms with Crippen LogP contribution in [-0.4, -0.2) is 24.5 Å². The molecule has 4 nitrogen and oxygen atoms in total. The van der Waals surface area contributed by atoms with E-state index in [0.717, 1.165) is 22.6 Å². The molecule has 0 unspecified atom stereocenters. The third kappa shape index (κ3) is 5.40. The lowest BCUT2D eigenvalue weighted by Crippen LogP contribution is -2.25. The zero-order valence-corrected chi connectivity index (χ0v) is 13.3. The Morgan fingerprint density at radius 3 is 2.59 bits per heavy atom. The van der Waals surface area contributed by atoms with Crippen LogP contribution in [0.2, 0.25) is 0 Å². The van der Waals surface area contributed by atoms with Crippen LogP contribution < -0.4 is 5.32 Å². The highest BCUT2D eigenvalue weighted by Gasteiger charge is 2.06. The smallest absolute Gasteiger partial charge is 0.253 e. The van der Waals surface area contributed by atoms with Crippen molar-refractivity contribution in [3.63, 3.8) is 0 Å². The Hall–Kier alpha value is -2.62. The van der Waals surface area contributed by atoms with Crippen LogP contribution in [0.25, 0.3) is 5.57 Å². The molecule has 0 radical (unpaired) electrons. The largest absolute Gasteiger partial charge is 0.497 e. The molecule has 22 heavy (non-hydrogen) atoms. The van der Waals surface area contributed by atoms with Crippen molar-refractivity contribution < 1.29 is 9.53 Å². The molecule has 0 spiro atoms. The number of methoxy groups -OCH3 is 1. The van der Waals surface area contributed by atoms with Crippen molar-refractivity contribution in [1.29, 1.82) is 0 Å². The number of hydrogen-bond donors (Lipinski definition) is 1. The average Bonchev–Trinajstić information content (AvgIpc) is 2.53. The number of pyridine rings is 1. The molecule has 0 aliphatic rings. The maximum absolute atomic E-state index is 12.0. The van der Waals surface area contributed by atoms with Gasteiger partial charge >= 0.3 is 0 Å². The number of ether oxygens (including phenoxy) is 1. The molecule has 0 aliphatic carbocycles. The van der Waals surface area contributed by atoms with Gasteiger partial charge in [-0.25, -0.2) is 0 Å². The third-order valence-electron chi connectivity index (χ3n) is 2.94. The van der Waals surface area contributed by atoms with Gasteiger partial charge in [0.2, 0.25) is 0 Å². The molecule has 1 aromatic heterocycles. The van der Waals surface area contributed by atoms with Crippen LogP contribution in [0.4, 0.5) is 0 Å². The van der Waals surface area contributed by atoms with E-state index < -0.39 is 0 Å². The zero-order valence-electron chi connectivity index (χ0n) is 13.3. The fraction of sp³-hybridized carbons (Fsp3) is 0.222. The predicted molar refractivity (Wildman–Crippen MR) is 90.3 cm³/mol. The summed E-state index contributed by atoms with van der Waals surface area (Å²) in [6.45, 7) is 11.8. The number of allylic oxidation sites excluding steroid dienone is 3. The molecule has 1 aromatic rings. The summed E-state index contributed by atoms with van der Waals surface area (Å²) in [6.07, 6.45) is 7.00. The maximum atomic E-state index is 12.0. The van der Waals surface area contributed by atoms with Crippen LogP contribution >= 0.6 is 0 Å². The van der Waals surface area contributed by atoms with Crippen molar-refractivity contribution in [3.8, 4) is 0 Å². The average molecular weight is 298 g/mol. The second kappa shape index (κ2) is 8.62. The minimum atomic E-state index is -0.187. The Labute approximate surface area is 131 Å². The van der Waals surface area contributed by atoms with Gasteiger partial charge in [0, 0.05) is 12.7 Å². The molecule has 0 saturated carbocycles. The minimum Gasteiger partial charge on any atom is -0.497 e. The Balaban J connectivity index is 2.55. The zero-order chi connectivity index (χ0) is 16.5. The monoisotopic (exact) mass is 298 g/mol. The topological polar surface area (TPSA) is 51.2 Å². The van der Waals surface area contributed by atoms with Gasteiger partial charge in [-0.15, -0.1) is 0 Å². The Bertz CT molecular complexity index is 610. The molecule has 0 saturated heterocycles. The first-order valence-electron chi connectivity index (χ1n) is 6.94. The van der Waals surface area contributed by atoms with Crippen LogP contribution in [0.15, 0.2) is 61.0 Å². The summed E-state index contributed by atoms with van der Waals surface area (Å²) >= 11 is 0. The van der Waals surface area contributed by atoms with Gasteiger partial charge in [0.1, 0.15) is 5.76 Å². The fourth-order valence-electron chi connectivity index (χ4n) is 1.62. The van der Waals surface area contributed by atoms with E-state index in [1.807, 2.05) is 26.0 Å². The van der Waals surface area contributed by atoms with Crippen molar-refractivity contribution in [2.45, 2.75) is 13.8 Å². The van der Waals surface area contributed by atoms with Crippen molar-refractivity contribution in [3.05, 3.63) is 72.3 Å². The van der Waals surface area contributed by atoms with Gasteiger partial charge in [0.15, 0.2) is 0 Å². The molecule has 116 valence electrons. The van der Waals surface area contributed by atoms with E-state index in [-0.39, 0.29) is 5.91 Å². The van der Waals surface area contributed by atoms with Gasteiger partial charge in [-0.2, -0.15) is 0 Å². The maximum Gasteiger partial charge on any atom is 0.253 e. The lowest BCUT2D eigenvalue weighted by molar-refractivity contribution is 0.0957. The molecule has 1 heterocycles. The SMILES string of the molecule is C=C(/C=C\C(=C/C)OC)CNC(=O)c1ccc(C(=C)C)nc1. The molecule has 1 rings (SSSR count). The highest BCUT2D eigenvalue weighted by molar-refractivity contribution is 5.94. The minimum absolute atomic E-state index is 0.187. The van der Waals surface area contributed by atoms with Crippen molar-refractivity contribution in [1.82, 2.24) is 10.3 Å². The number of hydrogen-bond acceptors (Lipinski definition) is 3. The van der Waals surface area contributed by atoms with Gasteiger partial charge < -0.3 is 10.1 Å². The summed E-state index contributed by atoms with van der Waals surface area (Å²) in [5, 5.41) is 2.79. The summed E-state index contributed by atoms with van der Waals surface area (Å²) in [4.78, 5) is 16.2. The Morgan fingerprint density at radius 2 is 2.09 bits per heavy atom. The van der Waals surface area contributed by atoms with Gasteiger partial charge in [-0.3, -0.25) is 9.78 Å². The van der Waals surface area contributed by atoms with Crippen LogP contribution in [0.1, 0.15) is 29.9 Å². The number of aromatic nitrogens is 1. The molecular formula is C18H22N2O2. The van der Waals surface area contributed by atoms with Gasteiger partial charge in [0.05, 0.1) is 18.4 Å². The second-order valence-electron chi connectivity index (χ2n) is 4.78. The molecule has 0 atom stereocenters. The second-order valence-corrected chi connectivity index (χ2v) is 4.78. The molecule has 0 aliphatic heterocycles. The van der Waals surface area contributed by atoms with Crippen LogP contribution in [-0.2, 0) is 4.74 Å². The van der Waals surface area contributed by atoms with Gasteiger partial charge in [-0.05, 0) is 49.3 Å². The normalized spacial score (nSPS) is 11.3. The molecule has 1 amide bonds. The van der Waals surface area contributed by atoms with Crippen molar-refractivity contribution in [2.24, 2.45) is 0 Å². The van der Waals surface area contributed by atoms with Crippen molar-refractivity contribution >= 4 is 11.5 Å². The van der Waals surface area contributed by atoms with Crippen molar-refractivity contribution in [2.75, 3.05) is 13.7 Å². The summed E-state index contributed by atoms with van der Waals surface area (Å²) in [6, 6.07) is 3.51. The number of nitrogens with one attached hydrogen (secondary N) is 1. The van der Waals surface area contributed by atoms with Crippen LogP contribution in [0.3, 0.4) is 0 Å². The lowest BCUT2D eigenvalue weighted by Gasteiger charge is -2.06. The molecule has 4 heteroatoms. The quantitative estimate of drug-likeness (QED) is 0.619. The molecule has 1 N–H and O–H groups in total. The summed E-state index contributed by atoms with van der Waals surface area (Å²) in [5.41, 5.74) is 2.93. The van der Waals surface area contributed by atoms with Crippen LogP contribution in [0.5, 0.6) is 0 Å². The Morgan fingerprint density at radius 1 is 1.36 bits per heavy atom. The standard InChI is InChI=1S/C18H22N2O2/c1-6-16(22-5)9-7-14(4)11-20-18(21)15-8-10-17(13(2)3)19-12-15/h6-10,12H,2,4,11H2,1,3,5H3,(H,20,21)/b9-7-,16-6+. The molecule has 0 aromatic carbocycles. The predicted octanol–water partition coefficient (Wildman–Crippen LogP) is 3.51. The van der Waals surface area contributed by atoms with E-state index in [2.05, 4.69) is 23.5 Å². The van der Waals surface area contributed by atoms with E-state index in [4.69, 9.17) is 4.74 Å². The summed E-state index contributed by atoms with van der Waals surface area (Å²) < 4.78 is 5.11. The van der Waals surface area contributed by atoms with E-state index in [9.17, 15) is 4.79 Å². The van der Waals surface area contributed by atoms with E-state index in [0.29, 0.717) is 12.1 Å². The molecule has 0 fully saturated rings. The Kier molecular flexibility index (Phi) is 6.83. The number of carbonyl (C=O) groups is 1. The number of amides is 1. The first kappa shape index (κ1) is 17.4. The highest BCUT2D eigenvalue weighted by Crippen LogP contribution is 2.08. The highest BCUT2D eigenvalue weighted by atomic mass is 16.5. The lowest BCUT2D eigenvalue weighted by atomic mass is 10.2. The number of carbonyl (C=O) groups excluding carboxylic acids is 1. The molecule has 0 bridgehead atoms. The van der Waals surface area contributed by atoms with E-state index in [1.54, 1.807) is 31.5 Å². The third-order valence-corrected chi connectivity index (χ3v) is 2.94. The first-order valence-corrected chi connectivity index (χ1v) is 6.94. The van der Waals surface area contributed by atoms with Crippen LogP contribution in [0, 0.1) is 0 Å². The summed E-state index contributed by atoms with van der Waals surface area (Å²) in [7, 11) is 1.60. The van der Waals surface area contributed by atoms with E-state index in [1.165, 1.54) is 0 Å². The first-order chi connectivity index (χ1) is 10.5. The summed E-state index contributed by atoms with van der Waals surface area (Å²) in [5.74, 6) is 0.556. The van der Waals surface area contributed by atoms with E-state index >= 15 is 0 Å². The van der Waals surface area contributed by atoms with Gasteiger partial charge in [0.25, 0.3) is 5.91 Å². The number of rotatable bonds is 7. The fourth-order valence-corrected chi connectivity index (χ4v) is 1.62.